The maximum atomic E-state index is 12.3. The third-order valence-electron chi connectivity index (χ3n) is 5.68. The van der Waals surface area contributed by atoms with E-state index < -0.39 is 28.2 Å². The molecule has 11 heteroatoms. The summed E-state index contributed by atoms with van der Waals surface area (Å²) in [7, 11) is -3.53. The Morgan fingerprint density at radius 1 is 1.28 bits per heavy atom. The Bertz CT molecular complexity index is 1120. The van der Waals surface area contributed by atoms with E-state index in [1.54, 1.807) is 12.4 Å². The molecule has 7 nitrogen and oxygen atoms in total. The van der Waals surface area contributed by atoms with Crippen LogP contribution in [0.2, 0.25) is 0 Å². The average molecular weight is 429 g/mol. The molecule has 1 aliphatic rings. The van der Waals surface area contributed by atoms with Crippen molar-refractivity contribution in [2.75, 3.05) is 11.5 Å². The van der Waals surface area contributed by atoms with Crippen LogP contribution in [-0.2, 0) is 9.84 Å². The Hall–Kier alpha value is -2.17. The van der Waals surface area contributed by atoms with E-state index in [0.717, 1.165) is 11.3 Å². The third kappa shape index (κ3) is 4.24. The molecule has 1 fully saturated rings. The van der Waals surface area contributed by atoms with Crippen molar-refractivity contribution in [1.29, 1.82) is 0 Å². The highest BCUT2D eigenvalue weighted by Gasteiger charge is 2.37. The molecule has 0 amide bonds. The van der Waals surface area contributed by atoms with Crippen LogP contribution in [0.15, 0.2) is 18.5 Å². The normalized spacial score (nSPS) is 23.4. The quantitative estimate of drug-likeness (QED) is 0.647. The number of H-pyrrole nitrogens is 1. The minimum absolute atomic E-state index is 0.0286. The van der Waals surface area contributed by atoms with E-state index in [2.05, 4.69) is 27.1 Å². The molecule has 0 saturated heterocycles. The standard InChI is InChI=1S/C18H22F3N5O2S/c1-11-7-12(10-29(27,28)6-2-4-18(19,20)21)8-13(11)17-25-24-15-9-23-16-14(26(15)17)3-5-22-16/h3,5,9,11-13,22H,2,4,6-8,10H2,1H3/t11-,12+,13+/m1/s1. The van der Waals surface area contributed by atoms with Gasteiger partial charge in [0.25, 0.3) is 0 Å². The first-order valence-corrected chi connectivity index (χ1v) is 11.4. The van der Waals surface area contributed by atoms with Crippen LogP contribution in [0.25, 0.3) is 16.8 Å². The molecule has 3 atom stereocenters. The lowest BCUT2D eigenvalue weighted by atomic mass is 9.97. The molecule has 0 aromatic carbocycles. The van der Waals surface area contributed by atoms with Gasteiger partial charge in [-0.2, -0.15) is 13.2 Å². The third-order valence-corrected chi connectivity index (χ3v) is 7.57. The second kappa shape index (κ2) is 7.26. The number of aromatic nitrogens is 5. The van der Waals surface area contributed by atoms with Crippen molar-refractivity contribution >= 4 is 26.6 Å². The summed E-state index contributed by atoms with van der Waals surface area (Å²) in [6.07, 6.45) is -1.04. The topological polar surface area (TPSA) is 93.0 Å². The molecule has 0 aliphatic heterocycles. The number of hydrogen-bond acceptors (Lipinski definition) is 5. The highest BCUT2D eigenvalue weighted by molar-refractivity contribution is 7.91. The molecular formula is C18H22F3N5O2S. The molecule has 0 spiro atoms. The summed E-state index contributed by atoms with van der Waals surface area (Å²) in [5, 5.41) is 8.55. The van der Waals surface area contributed by atoms with Crippen LogP contribution in [0.1, 0.15) is 44.3 Å². The molecule has 3 aromatic rings. The molecule has 0 bridgehead atoms. The number of aromatic amines is 1. The zero-order chi connectivity index (χ0) is 20.8. The van der Waals surface area contributed by atoms with Crippen LogP contribution in [0.3, 0.4) is 0 Å². The van der Waals surface area contributed by atoms with Crippen molar-refractivity contribution in [1.82, 2.24) is 24.6 Å². The summed E-state index contributed by atoms with van der Waals surface area (Å²) in [4.78, 5) is 7.35. The van der Waals surface area contributed by atoms with Gasteiger partial charge >= 0.3 is 6.18 Å². The first-order valence-electron chi connectivity index (χ1n) is 9.57. The van der Waals surface area contributed by atoms with Crippen LogP contribution in [0.4, 0.5) is 13.2 Å². The number of rotatable bonds is 6. The van der Waals surface area contributed by atoms with Crippen LogP contribution in [0, 0.1) is 11.8 Å². The molecule has 4 rings (SSSR count). The molecule has 3 heterocycles. The predicted octanol–water partition coefficient (Wildman–Crippen LogP) is 3.49. The van der Waals surface area contributed by atoms with E-state index in [0.29, 0.717) is 24.1 Å². The zero-order valence-corrected chi connectivity index (χ0v) is 16.7. The zero-order valence-electron chi connectivity index (χ0n) is 15.9. The Balaban J connectivity index is 1.49. The van der Waals surface area contributed by atoms with Crippen LogP contribution >= 0.6 is 0 Å². The molecule has 0 unspecified atom stereocenters. The van der Waals surface area contributed by atoms with E-state index in [4.69, 9.17) is 0 Å². The van der Waals surface area contributed by atoms with Crippen molar-refractivity contribution in [3.8, 4) is 0 Å². The van der Waals surface area contributed by atoms with Crippen molar-refractivity contribution < 1.29 is 21.6 Å². The van der Waals surface area contributed by atoms with Gasteiger partial charge in [0.15, 0.2) is 21.1 Å². The van der Waals surface area contributed by atoms with Crippen molar-refractivity contribution in [2.24, 2.45) is 11.8 Å². The van der Waals surface area contributed by atoms with Crippen molar-refractivity contribution in [3.05, 3.63) is 24.3 Å². The van der Waals surface area contributed by atoms with Gasteiger partial charge in [-0.15, -0.1) is 10.2 Å². The summed E-state index contributed by atoms with van der Waals surface area (Å²) >= 11 is 0. The highest BCUT2D eigenvalue weighted by Crippen LogP contribution is 2.43. The second-order valence-corrected chi connectivity index (χ2v) is 10.2. The van der Waals surface area contributed by atoms with Crippen LogP contribution in [0.5, 0.6) is 0 Å². The predicted molar refractivity (Wildman–Crippen MR) is 101 cm³/mol. The SMILES string of the molecule is C[C@@H]1C[C@H](CS(=O)(=O)CCCC(F)(F)F)C[C@@H]1c1nnc2cnc3[nH]ccc3n12. The van der Waals surface area contributed by atoms with Gasteiger partial charge in [0.2, 0.25) is 0 Å². The fourth-order valence-corrected chi connectivity index (χ4v) is 6.19. The number of nitrogens with one attached hydrogen (secondary N) is 1. The largest absolute Gasteiger partial charge is 0.389 e. The number of hydrogen-bond donors (Lipinski definition) is 1. The molecule has 0 radical (unpaired) electrons. The number of nitrogens with zero attached hydrogens (tertiary/aromatic N) is 4. The molecular weight excluding hydrogens is 407 g/mol. The lowest BCUT2D eigenvalue weighted by molar-refractivity contribution is -0.134. The van der Waals surface area contributed by atoms with Crippen molar-refractivity contribution in [2.45, 2.75) is 44.7 Å². The Labute approximate surface area is 165 Å². The van der Waals surface area contributed by atoms with Gasteiger partial charge in [-0.1, -0.05) is 6.92 Å². The second-order valence-electron chi connectivity index (χ2n) is 7.98. The minimum atomic E-state index is -4.32. The first kappa shape index (κ1) is 20.1. The number of halogens is 3. The van der Waals surface area contributed by atoms with E-state index in [1.165, 1.54) is 0 Å². The maximum absolute atomic E-state index is 12.3. The Kier molecular flexibility index (Phi) is 5.04. The minimum Gasteiger partial charge on any atom is -0.345 e. The highest BCUT2D eigenvalue weighted by atomic mass is 32.2. The number of alkyl halides is 3. The summed E-state index contributed by atoms with van der Waals surface area (Å²) in [6.45, 7) is 2.05. The van der Waals surface area contributed by atoms with Crippen LogP contribution in [-0.4, -0.2) is 50.7 Å². The van der Waals surface area contributed by atoms with Gasteiger partial charge in [-0.3, -0.25) is 4.40 Å². The summed E-state index contributed by atoms with van der Waals surface area (Å²) < 4.78 is 63.4. The van der Waals surface area contributed by atoms with E-state index in [9.17, 15) is 21.6 Å². The summed E-state index contributed by atoms with van der Waals surface area (Å²) in [5.41, 5.74) is 2.20. The fraction of sp³-hybridized carbons (Fsp3) is 0.611. The van der Waals surface area contributed by atoms with Crippen molar-refractivity contribution in [3.63, 3.8) is 0 Å². The van der Waals surface area contributed by atoms with E-state index >= 15 is 0 Å². The molecule has 1 N–H and O–H groups in total. The number of fused-ring (bicyclic) bond motifs is 3. The van der Waals surface area contributed by atoms with Gasteiger partial charge in [-0.25, -0.2) is 13.4 Å². The average Bonchev–Trinajstić information content (AvgIpc) is 3.29. The number of sulfone groups is 1. The molecule has 29 heavy (non-hydrogen) atoms. The fourth-order valence-electron chi connectivity index (χ4n) is 4.45. The van der Waals surface area contributed by atoms with E-state index in [1.807, 2.05) is 10.5 Å². The summed E-state index contributed by atoms with van der Waals surface area (Å²) in [5.74, 6) is 0.397. The van der Waals surface area contributed by atoms with Gasteiger partial charge < -0.3 is 4.98 Å². The van der Waals surface area contributed by atoms with Gasteiger partial charge in [0.1, 0.15) is 5.82 Å². The monoisotopic (exact) mass is 429 g/mol. The molecule has 3 aromatic heterocycles. The van der Waals surface area contributed by atoms with Gasteiger partial charge in [-0.05, 0) is 37.2 Å². The van der Waals surface area contributed by atoms with Crippen LogP contribution < -0.4 is 0 Å². The maximum Gasteiger partial charge on any atom is 0.389 e. The first-order chi connectivity index (χ1) is 13.6. The smallest absolute Gasteiger partial charge is 0.345 e. The Morgan fingerprint density at radius 2 is 2.07 bits per heavy atom. The van der Waals surface area contributed by atoms with E-state index in [-0.39, 0.29) is 29.9 Å². The molecule has 1 saturated carbocycles. The molecule has 1 aliphatic carbocycles. The lowest BCUT2D eigenvalue weighted by Gasteiger charge is -2.13. The molecule has 158 valence electrons. The summed E-state index contributed by atoms with van der Waals surface area (Å²) in [6, 6.07) is 1.89. The lowest BCUT2D eigenvalue weighted by Crippen LogP contribution is -2.19. The Morgan fingerprint density at radius 3 is 2.83 bits per heavy atom. The van der Waals surface area contributed by atoms with Gasteiger partial charge in [0.05, 0.1) is 23.2 Å². The van der Waals surface area contributed by atoms with Gasteiger partial charge in [0, 0.05) is 18.5 Å².